The molecule has 6 nitrogen and oxygen atoms in total. The maximum Gasteiger partial charge on any atom is 0.269 e. The van der Waals surface area contributed by atoms with Crippen LogP contribution in [0.25, 0.3) is 0 Å². The van der Waals surface area contributed by atoms with Gasteiger partial charge < -0.3 is 15.1 Å². The normalized spacial score (nSPS) is 18.0. The average molecular weight is 367 g/mol. The number of hydrogen-bond acceptors (Lipinski definition) is 4. The van der Waals surface area contributed by atoms with Gasteiger partial charge in [0, 0.05) is 51.4 Å². The van der Waals surface area contributed by atoms with Crippen molar-refractivity contribution in [1.29, 1.82) is 0 Å². The van der Waals surface area contributed by atoms with Crippen molar-refractivity contribution in [1.82, 2.24) is 20.0 Å². The van der Waals surface area contributed by atoms with E-state index in [2.05, 4.69) is 52.4 Å². The summed E-state index contributed by atoms with van der Waals surface area (Å²) in [6.45, 7) is 6.97. The van der Waals surface area contributed by atoms with Crippen molar-refractivity contribution in [2.24, 2.45) is 7.05 Å². The molecule has 1 N–H and O–H groups in total. The minimum absolute atomic E-state index is 0.0544. The number of carbonyl (C=O) groups excluding carboxylic acids is 1. The van der Waals surface area contributed by atoms with E-state index in [-0.39, 0.29) is 5.91 Å². The highest BCUT2D eigenvalue weighted by atomic mass is 16.2. The zero-order valence-electron chi connectivity index (χ0n) is 16.5. The molecule has 27 heavy (non-hydrogen) atoms. The molecule has 0 atom stereocenters. The summed E-state index contributed by atoms with van der Waals surface area (Å²) in [5, 5.41) is 7.57. The molecule has 1 aliphatic heterocycles. The molecule has 1 aromatic heterocycles. The second-order valence-corrected chi connectivity index (χ2v) is 7.89. The standard InChI is InChI=1S/C21H29N5O/c1-15-17(5-4-6-19(15)26-11-9-24(2)10-12-26)14-22-21(27)20-13-18(16-7-8-16)23-25(20)3/h4-6,13,16H,7-12,14H2,1-3H3,(H,22,27). The van der Waals surface area contributed by atoms with Crippen molar-refractivity contribution < 1.29 is 4.79 Å². The van der Waals surface area contributed by atoms with Gasteiger partial charge >= 0.3 is 0 Å². The van der Waals surface area contributed by atoms with E-state index < -0.39 is 0 Å². The average Bonchev–Trinajstić information content (AvgIpc) is 3.44. The number of carbonyl (C=O) groups is 1. The Morgan fingerprint density at radius 2 is 1.93 bits per heavy atom. The molecule has 144 valence electrons. The van der Waals surface area contributed by atoms with Crippen LogP contribution in [0.2, 0.25) is 0 Å². The number of amides is 1. The minimum Gasteiger partial charge on any atom is -0.369 e. The van der Waals surface area contributed by atoms with Gasteiger partial charge in [-0.15, -0.1) is 0 Å². The van der Waals surface area contributed by atoms with Crippen molar-refractivity contribution >= 4 is 11.6 Å². The Morgan fingerprint density at radius 3 is 2.63 bits per heavy atom. The molecule has 2 heterocycles. The van der Waals surface area contributed by atoms with Crippen molar-refractivity contribution in [3.63, 3.8) is 0 Å². The minimum atomic E-state index is -0.0544. The number of rotatable bonds is 5. The molecule has 0 unspecified atom stereocenters. The predicted molar refractivity (Wildman–Crippen MR) is 107 cm³/mol. The third-order valence-corrected chi connectivity index (χ3v) is 5.83. The summed E-state index contributed by atoms with van der Waals surface area (Å²) in [5.41, 5.74) is 5.41. The van der Waals surface area contributed by atoms with E-state index in [4.69, 9.17) is 0 Å². The number of hydrogen-bond donors (Lipinski definition) is 1. The summed E-state index contributed by atoms with van der Waals surface area (Å²) in [6.07, 6.45) is 2.38. The maximum atomic E-state index is 12.6. The van der Waals surface area contributed by atoms with E-state index in [0.29, 0.717) is 18.2 Å². The molecular formula is C21H29N5O. The van der Waals surface area contributed by atoms with Gasteiger partial charge in [-0.25, -0.2) is 0 Å². The fraction of sp³-hybridized carbons (Fsp3) is 0.524. The summed E-state index contributed by atoms with van der Waals surface area (Å²) in [7, 11) is 4.02. The van der Waals surface area contributed by atoms with E-state index >= 15 is 0 Å². The van der Waals surface area contributed by atoms with Crippen LogP contribution in [-0.2, 0) is 13.6 Å². The first-order valence-corrected chi connectivity index (χ1v) is 9.87. The van der Waals surface area contributed by atoms with Crippen molar-refractivity contribution in [3.05, 3.63) is 46.8 Å². The van der Waals surface area contributed by atoms with Crippen molar-refractivity contribution in [2.75, 3.05) is 38.1 Å². The quantitative estimate of drug-likeness (QED) is 0.881. The molecule has 0 bridgehead atoms. The number of aryl methyl sites for hydroxylation is 1. The van der Waals surface area contributed by atoms with Gasteiger partial charge in [-0.05, 0) is 50.1 Å². The lowest BCUT2D eigenvalue weighted by molar-refractivity contribution is 0.0941. The van der Waals surface area contributed by atoms with Crippen LogP contribution in [0.15, 0.2) is 24.3 Å². The first-order valence-electron chi connectivity index (χ1n) is 9.87. The SMILES string of the molecule is Cc1c(CNC(=O)c2cc(C3CC3)nn2C)cccc1N1CCN(C)CC1. The second-order valence-electron chi connectivity index (χ2n) is 7.89. The number of benzene rings is 1. The Hall–Kier alpha value is -2.34. The van der Waals surface area contributed by atoms with E-state index in [0.717, 1.165) is 31.9 Å². The van der Waals surface area contributed by atoms with Gasteiger partial charge in [-0.1, -0.05) is 12.1 Å². The van der Waals surface area contributed by atoms with Gasteiger partial charge in [0.05, 0.1) is 5.69 Å². The summed E-state index contributed by atoms with van der Waals surface area (Å²) in [6, 6.07) is 8.33. The monoisotopic (exact) mass is 367 g/mol. The summed E-state index contributed by atoms with van der Waals surface area (Å²) in [5.74, 6) is 0.501. The van der Waals surface area contributed by atoms with Crippen LogP contribution in [0.5, 0.6) is 0 Å². The molecule has 0 radical (unpaired) electrons. The topological polar surface area (TPSA) is 53.4 Å². The van der Waals surface area contributed by atoms with Crippen molar-refractivity contribution in [3.8, 4) is 0 Å². The zero-order chi connectivity index (χ0) is 19.0. The van der Waals surface area contributed by atoms with Crippen LogP contribution in [-0.4, -0.2) is 53.8 Å². The predicted octanol–water partition coefficient (Wildman–Crippen LogP) is 2.29. The Labute approximate surface area is 161 Å². The van der Waals surface area contributed by atoms with Gasteiger partial charge in [0.15, 0.2) is 0 Å². The number of nitrogens with one attached hydrogen (secondary N) is 1. The molecule has 6 heteroatoms. The Bertz CT molecular complexity index is 831. The second kappa shape index (κ2) is 7.35. The number of anilines is 1. The van der Waals surface area contributed by atoms with Gasteiger partial charge in [0.25, 0.3) is 5.91 Å². The molecule has 1 aliphatic carbocycles. The first kappa shape index (κ1) is 18.0. The molecule has 4 rings (SSSR count). The highest BCUT2D eigenvalue weighted by molar-refractivity contribution is 5.92. The van der Waals surface area contributed by atoms with Crippen LogP contribution >= 0.6 is 0 Å². The van der Waals surface area contributed by atoms with E-state index in [1.807, 2.05) is 13.1 Å². The maximum absolute atomic E-state index is 12.6. The fourth-order valence-electron chi connectivity index (χ4n) is 3.80. The fourth-order valence-corrected chi connectivity index (χ4v) is 3.80. The van der Waals surface area contributed by atoms with Gasteiger partial charge in [-0.3, -0.25) is 9.48 Å². The molecule has 1 amide bonds. The molecule has 2 aliphatic rings. The highest BCUT2D eigenvalue weighted by Gasteiger charge is 2.28. The van der Waals surface area contributed by atoms with Crippen molar-refractivity contribution in [2.45, 2.75) is 32.2 Å². The molecular weight excluding hydrogens is 338 g/mol. The lowest BCUT2D eigenvalue weighted by Crippen LogP contribution is -2.44. The molecule has 0 spiro atoms. The Kier molecular flexibility index (Phi) is 4.91. The molecule has 1 saturated heterocycles. The molecule has 2 fully saturated rings. The summed E-state index contributed by atoms with van der Waals surface area (Å²) in [4.78, 5) is 17.5. The summed E-state index contributed by atoms with van der Waals surface area (Å²) < 4.78 is 1.70. The summed E-state index contributed by atoms with van der Waals surface area (Å²) >= 11 is 0. The first-order chi connectivity index (χ1) is 13.0. The number of piperazine rings is 1. The van der Waals surface area contributed by atoms with Gasteiger partial charge in [0.1, 0.15) is 5.69 Å². The molecule has 1 saturated carbocycles. The Morgan fingerprint density at radius 1 is 1.19 bits per heavy atom. The van der Waals surface area contributed by atoms with E-state index in [1.165, 1.54) is 29.7 Å². The Balaban J connectivity index is 1.43. The number of nitrogens with zero attached hydrogens (tertiary/aromatic N) is 4. The van der Waals surface area contributed by atoms with Crippen LogP contribution in [0.1, 0.15) is 46.1 Å². The lowest BCUT2D eigenvalue weighted by atomic mass is 10.0. The third kappa shape index (κ3) is 3.86. The lowest BCUT2D eigenvalue weighted by Gasteiger charge is -2.35. The molecule has 2 aromatic rings. The highest BCUT2D eigenvalue weighted by Crippen LogP contribution is 2.39. The largest absolute Gasteiger partial charge is 0.369 e. The third-order valence-electron chi connectivity index (χ3n) is 5.83. The smallest absolute Gasteiger partial charge is 0.269 e. The zero-order valence-corrected chi connectivity index (χ0v) is 16.5. The van der Waals surface area contributed by atoms with Crippen LogP contribution < -0.4 is 10.2 Å². The van der Waals surface area contributed by atoms with E-state index in [1.54, 1.807) is 4.68 Å². The van der Waals surface area contributed by atoms with E-state index in [9.17, 15) is 4.79 Å². The number of likely N-dealkylation sites (N-methyl/N-ethyl adjacent to an activating group) is 1. The number of aromatic nitrogens is 2. The van der Waals surface area contributed by atoms with Crippen LogP contribution in [0.3, 0.4) is 0 Å². The van der Waals surface area contributed by atoms with Gasteiger partial charge in [0.2, 0.25) is 0 Å². The van der Waals surface area contributed by atoms with Crippen LogP contribution in [0, 0.1) is 6.92 Å². The van der Waals surface area contributed by atoms with Gasteiger partial charge in [-0.2, -0.15) is 5.10 Å². The molecule has 1 aromatic carbocycles. The van der Waals surface area contributed by atoms with Crippen LogP contribution in [0.4, 0.5) is 5.69 Å².